The molecule has 0 radical (unpaired) electrons. The minimum Gasteiger partial charge on any atom is -0.451 e. The maximum Gasteiger partial charge on any atom is 0.314 e. The van der Waals surface area contributed by atoms with Gasteiger partial charge in [-0.15, -0.1) is 0 Å². The molecule has 0 bridgehead atoms. The van der Waals surface area contributed by atoms with E-state index >= 15 is 0 Å². The van der Waals surface area contributed by atoms with E-state index in [0.29, 0.717) is 13.0 Å². The van der Waals surface area contributed by atoms with Crippen molar-refractivity contribution in [3.05, 3.63) is 34.9 Å². The Labute approximate surface area is 119 Å². The van der Waals surface area contributed by atoms with E-state index in [0.717, 1.165) is 17.5 Å². The minimum absolute atomic E-state index is 0.191. The summed E-state index contributed by atoms with van der Waals surface area (Å²) in [5.74, 6) is -0.707. The molecule has 0 spiro atoms. The van der Waals surface area contributed by atoms with Crippen LogP contribution in [0.15, 0.2) is 18.2 Å². The van der Waals surface area contributed by atoms with Crippen LogP contribution in [0.5, 0.6) is 0 Å². The van der Waals surface area contributed by atoms with Gasteiger partial charge in [0.2, 0.25) is 0 Å². The molecule has 1 amide bonds. The van der Waals surface area contributed by atoms with Gasteiger partial charge in [0.1, 0.15) is 5.92 Å². The van der Waals surface area contributed by atoms with Gasteiger partial charge in [-0.05, 0) is 31.4 Å². The van der Waals surface area contributed by atoms with Crippen LogP contribution < -0.4 is 5.32 Å². The molecule has 1 fully saturated rings. The van der Waals surface area contributed by atoms with Crippen molar-refractivity contribution in [1.82, 2.24) is 5.32 Å². The molecule has 2 atom stereocenters. The van der Waals surface area contributed by atoms with Gasteiger partial charge >= 0.3 is 5.97 Å². The molecule has 1 aromatic carbocycles. The lowest BCUT2D eigenvalue weighted by Gasteiger charge is -2.33. The Kier molecular flexibility index (Phi) is 4.42. The number of carbonyl (C=O) groups is 2. The quantitative estimate of drug-likeness (QED) is 0.839. The number of carbonyl (C=O) groups excluding carboxylic acids is 2. The lowest BCUT2D eigenvalue weighted by atomic mass is 9.91. The summed E-state index contributed by atoms with van der Waals surface area (Å²) < 4.78 is 4.96. The second-order valence-electron chi connectivity index (χ2n) is 5.40. The minimum atomic E-state index is -0.604. The predicted molar refractivity (Wildman–Crippen MR) is 76.0 cm³/mol. The van der Waals surface area contributed by atoms with Gasteiger partial charge in [-0.3, -0.25) is 9.59 Å². The fraction of sp³-hybridized carbons (Fsp3) is 0.500. The summed E-state index contributed by atoms with van der Waals surface area (Å²) in [5, 5.41) is 2.86. The van der Waals surface area contributed by atoms with Crippen molar-refractivity contribution >= 4 is 11.9 Å². The third kappa shape index (κ3) is 3.00. The summed E-state index contributed by atoms with van der Waals surface area (Å²) >= 11 is 0. The highest BCUT2D eigenvalue weighted by molar-refractivity contribution is 5.94. The molecule has 20 heavy (non-hydrogen) atoms. The number of hydrogen-bond donors (Lipinski definition) is 1. The SMILES string of the molecule is CCCC1C(=O)O[C@H]1C(=O)NCc1cc(C)ccc1C. The molecule has 1 aliphatic heterocycles. The van der Waals surface area contributed by atoms with Crippen LogP contribution in [0.2, 0.25) is 0 Å². The summed E-state index contributed by atoms with van der Waals surface area (Å²) in [5.41, 5.74) is 3.40. The van der Waals surface area contributed by atoms with Gasteiger partial charge in [-0.1, -0.05) is 37.1 Å². The number of ether oxygens (including phenoxy) is 1. The molecule has 0 saturated carbocycles. The first-order valence-corrected chi connectivity index (χ1v) is 7.07. The Morgan fingerprint density at radius 1 is 1.35 bits per heavy atom. The van der Waals surface area contributed by atoms with Gasteiger partial charge in [0.15, 0.2) is 6.10 Å². The average Bonchev–Trinajstić information content (AvgIpc) is 2.42. The monoisotopic (exact) mass is 275 g/mol. The average molecular weight is 275 g/mol. The highest BCUT2D eigenvalue weighted by atomic mass is 16.6. The number of esters is 1. The standard InChI is InChI=1S/C16H21NO3/c1-4-5-13-14(20-16(13)19)15(18)17-9-12-8-10(2)6-7-11(12)3/h6-8,13-14H,4-5,9H2,1-3H3,(H,17,18)/t13?,14-/m1/s1. The van der Waals surface area contributed by atoms with E-state index in [9.17, 15) is 9.59 Å². The van der Waals surface area contributed by atoms with Crippen molar-refractivity contribution in [2.24, 2.45) is 5.92 Å². The molecule has 108 valence electrons. The molecule has 2 rings (SSSR count). The van der Waals surface area contributed by atoms with Gasteiger partial charge in [0.25, 0.3) is 5.91 Å². The Morgan fingerprint density at radius 3 is 2.75 bits per heavy atom. The maximum absolute atomic E-state index is 12.0. The first-order chi connectivity index (χ1) is 9.52. The van der Waals surface area contributed by atoms with Gasteiger partial charge in [0.05, 0.1) is 0 Å². The van der Waals surface area contributed by atoms with E-state index in [1.807, 2.05) is 32.9 Å². The molecule has 0 aromatic heterocycles. The number of amides is 1. The Morgan fingerprint density at radius 2 is 2.10 bits per heavy atom. The molecule has 1 heterocycles. The molecule has 1 N–H and O–H groups in total. The number of cyclic esters (lactones) is 1. The summed E-state index contributed by atoms with van der Waals surface area (Å²) in [4.78, 5) is 23.3. The van der Waals surface area contributed by atoms with E-state index in [-0.39, 0.29) is 17.8 Å². The predicted octanol–water partition coefficient (Wildman–Crippen LogP) is 2.26. The highest BCUT2D eigenvalue weighted by Gasteiger charge is 2.46. The normalized spacial score (nSPS) is 21.1. The van der Waals surface area contributed by atoms with E-state index in [1.54, 1.807) is 0 Å². The largest absolute Gasteiger partial charge is 0.451 e. The van der Waals surface area contributed by atoms with Crippen molar-refractivity contribution in [1.29, 1.82) is 0 Å². The second kappa shape index (κ2) is 6.07. The Bertz CT molecular complexity index is 524. The van der Waals surface area contributed by atoms with Gasteiger partial charge in [-0.2, -0.15) is 0 Å². The van der Waals surface area contributed by atoms with Crippen LogP contribution in [-0.2, 0) is 20.9 Å². The number of rotatable bonds is 5. The number of aryl methyl sites for hydroxylation is 2. The smallest absolute Gasteiger partial charge is 0.314 e. The fourth-order valence-corrected chi connectivity index (χ4v) is 2.44. The molecule has 1 aromatic rings. The molecule has 1 saturated heterocycles. The Hall–Kier alpha value is -1.84. The molecule has 4 nitrogen and oxygen atoms in total. The summed E-state index contributed by atoms with van der Waals surface area (Å²) in [6, 6.07) is 6.15. The van der Waals surface area contributed by atoms with E-state index < -0.39 is 6.10 Å². The summed E-state index contributed by atoms with van der Waals surface area (Å²) in [6.07, 6.45) is 0.980. The Balaban J connectivity index is 1.92. The lowest BCUT2D eigenvalue weighted by molar-refractivity contribution is -0.189. The molecule has 0 aliphatic carbocycles. The zero-order valence-corrected chi connectivity index (χ0v) is 12.2. The number of nitrogens with one attached hydrogen (secondary N) is 1. The van der Waals surface area contributed by atoms with Crippen LogP contribution in [0.25, 0.3) is 0 Å². The summed E-state index contributed by atoms with van der Waals surface area (Å²) in [7, 11) is 0. The lowest BCUT2D eigenvalue weighted by Crippen LogP contribution is -2.53. The van der Waals surface area contributed by atoms with Crippen LogP contribution in [0.3, 0.4) is 0 Å². The van der Waals surface area contributed by atoms with Crippen LogP contribution >= 0.6 is 0 Å². The molecule has 4 heteroatoms. The van der Waals surface area contributed by atoms with E-state index in [4.69, 9.17) is 4.74 Å². The van der Waals surface area contributed by atoms with E-state index in [1.165, 1.54) is 5.56 Å². The van der Waals surface area contributed by atoms with Crippen molar-refractivity contribution < 1.29 is 14.3 Å². The first-order valence-electron chi connectivity index (χ1n) is 7.07. The molecular weight excluding hydrogens is 254 g/mol. The fourth-order valence-electron chi connectivity index (χ4n) is 2.44. The topological polar surface area (TPSA) is 55.4 Å². The number of benzene rings is 1. The second-order valence-corrected chi connectivity index (χ2v) is 5.40. The van der Waals surface area contributed by atoms with Crippen LogP contribution in [0.4, 0.5) is 0 Å². The third-order valence-corrected chi connectivity index (χ3v) is 3.73. The van der Waals surface area contributed by atoms with Crippen LogP contribution in [-0.4, -0.2) is 18.0 Å². The van der Waals surface area contributed by atoms with Crippen molar-refractivity contribution in [3.63, 3.8) is 0 Å². The van der Waals surface area contributed by atoms with Gasteiger partial charge in [0, 0.05) is 6.54 Å². The van der Waals surface area contributed by atoms with Crippen molar-refractivity contribution in [2.45, 2.75) is 46.3 Å². The van der Waals surface area contributed by atoms with Crippen LogP contribution in [0.1, 0.15) is 36.5 Å². The molecular formula is C16H21NO3. The maximum atomic E-state index is 12.0. The molecule has 1 aliphatic rings. The molecule has 1 unspecified atom stereocenters. The highest BCUT2D eigenvalue weighted by Crippen LogP contribution is 2.27. The van der Waals surface area contributed by atoms with Gasteiger partial charge in [-0.25, -0.2) is 0 Å². The first kappa shape index (κ1) is 14.6. The zero-order valence-electron chi connectivity index (χ0n) is 12.2. The van der Waals surface area contributed by atoms with Crippen molar-refractivity contribution in [3.8, 4) is 0 Å². The van der Waals surface area contributed by atoms with E-state index in [2.05, 4.69) is 11.4 Å². The zero-order chi connectivity index (χ0) is 14.7. The number of hydrogen-bond acceptors (Lipinski definition) is 3. The summed E-state index contributed by atoms with van der Waals surface area (Å²) in [6.45, 7) is 6.51. The van der Waals surface area contributed by atoms with Crippen molar-refractivity contribution in [2.75, 3.05) is 0 Å². The van der Waals surface area contributed by atoms with Crippen LogP contribution in [0, 0.1) is 19.8 Å². The third-order valence-electron chi connectivity index (χ3n) is 3.73. The van der Waals surface area contributed by atoms with Gasteiger partial charge < -0.3 is 10.1 Å².